The van der Waals surface area contributed by atoms with Crippen molar-refractivity contribution in [1.82, 2.24) is 0 Å². The summed E-state index contributed by atoms with van der Waals surface area (Å²) in [6.07, 6.45) is 3.09. The molecule has 0 aromatic heterocycles. The number of hydrogen-bond acceptors (Lipinski definition) is 3. The van der Waals surface area contributed by atoms with Crippen LogP contribution < -0.4 is 4.74 Å². The first kappa shape index (κ1) is 17.5. The summed E-state index contributed by atoms with van der Waals surface area (Å²) in [4.78, 5) is 11.0. The molecule has 0 spiro atoms. The predicted molar refractivity (Wildman–Crippen MR) is 89.6 cm³/mol. The molecule has 0 unspecified atom stereocenters. The second-order valence-corrected chi connectivity index (χ2v) is 4.20. The van der Waals surface area contributed by atoms with Crippen LogP contribution in [0.1, 0.15) is 25.0 Å². The van der Waals surface area contributed by atoms with Gasteiger partial charge in [0.05, 0.1) is 7.11 Å². The van der Waals surface area contributed by atoms with Crippen LogP contribution in [0.5, 0.6) is 5.75 Å². The molecule has 116 valence electrons. The first-order chi connectivity index (χ1) is 10.8. The Morgan fingerprint density at radius 1 is 1.00 bits per heavy atom. The van der Waals surface area contributed by atoms with Crippen LogP contribution in [0.15, 0.2) is 60.7 Å². The maximum absolute atomic E-state index is 11.0. The third-order valence-corrected chi connectivity index (χ3v) is 2.74. The van der Waals surface area contributed by atoms with Crippen molar-refractivity contribution in [2.24, 2.45) is 0 Å². The zero-order valence-electron chi connectivity index (χ0n) is 13.3. The molecule has 0 aliphatic rings. The van der Waals surface area contributed by atoms with Crippen molar-refractivity contribution >= 4 is 12.0 Å². The summed E-state index contributed by atoms with van der Waals surface area (Å²) in [5.41, 5.74) is 2.05. The minimum absolute atomic E-state index is 0.366. The smallest absolute Gasteiger partial charge is 0.330 e. The molecule has 0 heterocycles. The standard InChI is InChI=1S/C17H16O3.C2H6/c1-19-17(18)12-9-14-7-10-16(11-8-14)20-13-15-5-3-2-4-6-15;1-2/h2-12H,13H2,1H3;1-2H3/b12-9+;. The molecule has 3 nitrogen and oxygen atoms in total. The summed E-state index contributed by atoms with van der Waals surface area (Å²) >= 11 is 0. The van der Waals surface area contributed by atoms with Crippen molar-refractivity contribution in [1.29, 1.82) is 0 Å². The molecule has 0 fully saturated rings. The highest BCUT2D eigenvalue weighted by molar-refractivity contribution is 5.86. The van der Waals surface area contributed by atoms with Gasteiger partial charge < -0.3 is 9.47 Å². The van der Waals surface area contributed by atoms with E-state index in [-0.39, 0.29) is 5.97 Å². The summed E-state index contributed by atoms with van der Waals surface area (Å²) in [5.74, 6) is 0.429. The molecule has 0 amide bonds. The number of carbonyl (C=O) groups is 1. The molecule has 0 bridgehead atoms. The molecule has 2 aromatic carbocycles. The third kappa shape index (κ3) is 6.27. The van der Waals surface area contributed by atoms with E-state index in [9.17, 15) is 4.79 Å². The second-order valence-electron chi connectivity index (χ2n) is 4.20. The summed E-state index contributed by atoms with van der Waals surface area (Å²) in [5, 5.41) is 0. The van der Waals surface area contributed by atoms with Crippen molar-refractivity contribution in [3.05, 3.63) is 71.8 Å². The van der Waals surface area contributed by atoms with Gasteiger partial charge in [0.1, 0.15) is 12.4 Å². The molecule has 0 aliphatic carbocycles. The lowest BCUT2D eigenvalue weighted by molar-refractivity contribution is -0.134. The van der Waals surface area contributed by atoms with E-state index in [0.29, 0.717) is 6.61 Å². The lowest BCUT2D eigenvalue weighted by Crippen LogP contribution is -1.95. The molecule has 22 heavy (non-hydrogen) atoms. The van der Waals surface area contributed by atoms with E-state index in [4.69, 9.17) is 4.74 Å². The van der Waals surface area contributed by atoms with Crippen LogP contribution >= 0.6 is 0 Å². The van der Waals surface area contributed by atoms with Crippen LogP contribution in [0.2, 0.25) is 0 Å². The Bertz CT molecular complexity index is 571. The predicted octanol–water partition coefficient (Wildman–Crippen LogP) is 4.48. The van der Waals surface area contributed by atoms with Gasteiger partial charge in [0, 0.05) is 6.08 Å². The van der Waals surface area contributed by atoms with Gasteiger partial charge in [-0.2, -0.15) is 0 Å². The van der Waals surface area contributed by atoms with Crippen molar-refractivity contribution in [2.75, 3.05) is 7.11 Å². The minimum atomic E-state index is -0.366. The van der Waals surface area contributed by atoms with Gasteiger partial charge in [-0.1, -0.05) is 56.3 Å². The van der Waals surface area contributed by atoms with E-state index in [1.54, 1.807) is 6.08 Å². The second kappa shape index (κ2) is 10.2. The fraction of sp³-hybridized carbons (Fsp3) is 0.211. The Morgan fingerprint density at radius 3 is 2.23 bits per heavy atom. The van der Waals surface area contributed by atoms with Gasteiger partial charge in [-0.05, 0) is 29.3 Å². The molecule has 0 radical (unpaired) electrons. The van der Waals surface area contributed by atoms with Crippen LogP contribution in [0.3, 0.4) is 0 Å². The van der Waals surface area contributed by atoms with Crippen molar-refractivity contribution in [3.63, 3.8) is 0 Å². The normalized spacial score (nSPS) is 9.77. The molecule has 2 aromatic rings. The van der Waals surface area contributed by atoms with E-state index in [1.807, 2.05) is 68.4 Å². The number of benzene rings is 2. The van der Waals surface area contributed by atoms with Crippen LogP contribution in [0, 0.1) is 0 Å². The van der Waals surface area contributed by atoms with E-state index in [0.717, 1.165) is 16.9 Å². The summed E-state index contributed by atoms with van der Waals surface area (Å²) < 4.78 is 10.2. The zero-order valence-corrected chi connectivity index (χ0v) is 13.3. The molecule has 0 N–H and O–H groups in total. The Morgan fingerprint density at radius 2 is 1.64 bits per heavy atom. The maximum atomic E-state index is 11.0. The quantitative estimate of drug-likeness (QED) is 0.603. The van der Waals surface area contributed by atoms with Gasteiger partial charge >= 0.3 is 5.97 Å². The van der Waals surface area contributed by atoms with Crippen LogP contribution in [0.25, 0.3) is 6.08 Å². The lowest BCUT2D eigenvalue weighted by Gasteiger charge is -2.06. The highest BCUT2D eigenvalue weighted by atomic mass is 16.5. The van der Waals surface area contributed by atoms with Crippen LogP contribution in [-0.2, 0) is 16.1 Å². The zero-order chi connectivity index (χ0) is 16.2. The van der Waals surface area contributed by atoms with Gasteiger partial charge in [0.2, 0.25) is 0 Å². The van der Waals surface area contributed by atoms with Gasteiger partial charge in [-0.15, -0.1) is 0 Å². The monoisotopic (exact) mass is 298 g/mol. The number of ether oxygens (including phenoxy) is 2. The highest BCUT2D eigenvalue weighted by Crippen LogP contribution is 2.15. The molecule has 0 aliphatic heterocycles. The maximum Gasteiger partial charge on any atom is 0.330 e. The summed E-state index contributed by atoms with van der Waals surface area (Å²) in [7, 11) is 1.35. The fourth-order valence-corrected chi connectivity index (χ4v) is 1.65. The van der Waals surface area contributed by atoms with E-state index < -0.39 is 0 Å². The Kier molecular flexibility index (Phi) is 8.13. The van der Waals surface area contributed by atoms with Gasteiger partial charge in [0.25, 0.3) is 0 Å². The first-order valence-corrected chi connectivity index (χ1v) is 7.31. The van der Waals surface area contributed by atoms with Crippen molar-refractivity contribution in [3.8, 4) is 5.75 Å². The average molecular weight is 298 g/mol. The molecule has 0 saturated heterocycles. The molecule has 2 rings (SSSR count). The Labute approximate surface area is 132 Å². The number of rotatable bonds is 5. The molecule has 0 saturated carbocycles. The first-order valence-electron chi connectivity index (χ1n) is 7.31. The Hall–Kier alpha value is -2.55. The van der Waals surface area contributed by atoms with E-state index in [1.165, 1.54) is 13.2 Å². The fourth-order valence-electron chi connectivity index (χ4n) is 1.65. The topological polar surface area (TPSA) is 35.5 Å². The van der Waals surface area contributed by atoms with Gasteiger partial charge in [-0.25, -0.2) is 4.79 Å². The number of methoxy groups -OCH3 is 1. The molecular formula is C19H22O3. The molecular weight excluding hydrogens is 276 g/mol. The van der Waals surface area contributed by atoms with E-state index in [2.05, 4.69) is 4.74 Å². The van der Waals surface area contributed by atoms with Crippen molar-refractivity contribution < 1.29 is 14.3 Å². The van der Waals surface area contributed by atoms with Crippen LogP contribution in [0.4, 0.5) is 0 Å². The van der Waals surface area contributed by atoms with Crippen LogP contribution in [-0.4, -0.2) is 13.1 Å². The van der Waals surface area contributed by atoms with Gasteiger partial charge in [0.15, 0.2) is 0 Å². The highest BCUT2D eigenvalue weighted by Gasteiger charge is 1.96. The molecule has 3 heteroatoms. The Balaban J connectivity index is 0.00000116. The summed E-state index contributed by atoms with van der Waals surface area (Å²) in [6, 6.07) is 17.5. The van der Waals surface area contributed by atoms with E-state index >= 15 is 0 Å². The third-order valence-electron chi connectivity index (χ3n) is 2.74. The average Bonchev–Trinajstić information content (AvgIpc) is 2.61. The number of hydrogen-bond donors (Lipinski definition) is 0. The minimum Gasteiger partial charge on any atom is -0.489 e. The van der Waals surface area contributed by atoms with Gasteiger partial charge in [-0.3, -0.25) is 0 Å². The SMILES string of the molecule is CC.COC(=O)/C=C/c1ccc(OCc2ccccc2)cc1. The largest absolute Gasteiger partial charge is 0.489 e. The lowest BCUT2D eigenvalue weighted by atomic mass is 10.2. The number of carbonyl (C=O) groups excluding carboxylic acids is 1. The summed E-state index contributed by atoms with van der Waals surface area (Å²) in [6.45, 7) is 4.54. The molecule has 0 atom stereocenters. The van der Waals surface area contributed by atoms with Crippen molar-refractivity contribution in [2.45, 2.75) is 20.5 Å². The number of esters is 1.